The molecule has 6 heteroatoms. The number of fused-ring (bicyclic) bond motifs is 2. The number of carbonyl (C=O) groups is 2. The molecule has 0 aromatic rings. The molecule has 5 unspecified atom stereocenters. The fourth-order valence-corrected chi connectivity index (χ4v) is 5.55. The zero-order valence-corrected chi connectivity index (χ0v) is 18.4. The van der Waals surface area contributed by atoms with Gasteiger partial charge in [-0.05, 0) is 89.4 Å². The molecule has 0 saturated heterocycles. The van der Waals surface area contributed by atoms with Gasteiger partial charge in [-0.1, -0.05) is 0 Å². The molecule has 3 rings (SSSR count). The summed E-state index contributed by atoms with van der Waals surface area (Å²) in [7, 11) is 1.39. The van der Waals surface area contributed by atoms with Crippen LogP contribution in [0.3, 0.4) is 0 Å². The third-order valence-electron chi connectivity index (χ3n) is 7.14. The van der Waals surface area contributed by atoms with Crippen LogP contribution in [0.4, 0.5) is 0 Å². The smallest absolute Gasteiger partial charge is 0.312 e. The maximum atomic E-state index is 12.8. The van der Waals surface area contributed by atoms with Crippen LogP contribution in [-0.2, 0) is 28.5 Å². The highest BCUT2D eigenvalue weighted by atomic mass is 16.7. The van der Waals surface area contributed by atoms with Crippen LogP contribution < -0.4 is 0 Å². The van der Waals surface area contributed by atoms with E-state index in [1.807, 2.05) is 0 Å². The van der Waals surface area contributed by atoms with Crippen LogP contribution in [0.15, 0.2) is 0 Å². The summed E-state index contributed by atoms with van der Waals surface area (Å²) in [6.07, 6.45) is 7.23. The quantitative estimate of drug-likeness (QED) is 0.423. The Balaban J connectivity index is 1.39. The molecule has 3 aliphatic rings. The van der Waals surface area contributed by atoms with E-state index in [0.717, 1.165) is 38.7 Å². The predicted octanol–water partition coefficient (Wildman–Crippen LogP) is 3.96. The van der Waals surface area contributed by atoms with Crippen molar-refractivity contribution in [3.05, 3.63) is 0 Å². The highest BCUT2D eigenvalue weighted by molar-refractivity contribution is 5.83. The van der Waals surface area contributed by atoms with E-state index in [9.17, 15) is 9.59 Å². The third kappa shape index (κ3) is 5.72. The minimum absolute atomic E-state index is 0.243. The molecule has 0 aromatic carbocycles. The Bertz CT molecular complexity index is 554. The first kappa shape index (κ1) is 22.5. The van der Waals surface area contributed by atoms with Crippen molar-refractivity contribution < 1.29 is 28.5 Å². The molecule has 166 valence electrons. The second-order valence-corrected chi connectivity index (χ2v) is 9.51. The van der Waals surface area contributed by atoms with Gasteiger partial charge in [-0.25, -0.2) is 0 Å². The Labute approximate surface area is 175 Å². The van der Waals surface area contributed by atoms with Gasteiger partial charge in [-0.15, -0.1) is 0 Å². The van der Waals surface area contributed by atoms with Gasteiger partial charge in [0.2, 0.25) is 0 Å². The number of ether oxygens (including phenoxy) is 4. The summed E-state index contributed by atoms with van der Waals surface area (Å²) in [4.78, 5) is 25.0. The van der Waals surface area contributed by atoms with E-state index >= 15 is 0 Å². The maximum Gasteiger partial charge on any atom is 0.312 e. The first-order valence-corrected chi connectivity index (χ1v) is 11.4. The minimum Gasteiger partial charge on any atom is -0.469 e. The van der Waals surface area contributed by atoms with Gasteiger partial charge in [0.15, 0.2) is 6.29 Å². The SMILES string of the molecule is COC(=O)C1C2CCC(C2)C1C(=O)OC(C)OCC1CCC(COC(C)C)CC1. The number of hydrogen-bond donors (Lipinski definition) is 0. The molecule has 5 atom stereocenters. The summed E-state index contributed by atoms with van der Waals surface area (Å²) < 4.78 is 22.1. The van der Waals surface area contributed by atoms with Gasteiger partial charge in [0.1, 0.15) is 0 Å². The molecule has 3 aliphatic carbocycles. The summed E-state index contributed by atoms with van der Waals surface area (Å²) in [6, 6.07) is 0. The molecular weight excluding hydrogens is 372 g/mol. The van der Waals surface area contributed by atoms with Crippen LogP contribution in [0.2, 0.25) is 0 Å². The van der Waals surface area contributed by atoms with Gasteiger partial charge in [0.05, 0.1) is 31.7 Å². The van der Waals surface area contributed by atoms with Gasteiger partial charge >= 0.3 is 11.9 Å². The van der Waals surface area contributed by atoms with E-state index in [1.54, 1.807) is 6.92 Å². The average Bonchev–Trinajstić information content (AvgIpc) is 3.32. The fourth-order valence-electron chi connectivity index (χ4n) is 5.55. The third-order valence-corrected chi connectivity index (χ3v) is 7.14. The summed E-state index contributed by atoms with van der Waals surface area (Å²) >= 11 is 0. The number of esters is 2. The molecule has 6 nitrogen and oxygen atoms in total. The standard InChI is InChI=1S/C23H38O6/c1-14(2)27-12-16-5-7-17(8-6-16)13-28-15(3)29-23(25)21-19-10-9-18(11-19)20(21)22(24)26-4/h14-21H,5-13H2,1-4H3. The van der Waals surface area contributed by atoms with Gasteiger partial charge in [0.25, 0.3) is 0 Å². The lowest BCUT2D eigenvalue weighted by atomic mass is 9.79. The molecule has 0 aromatic heterocycles. The van der Waals surface area contributed by atoms with Crippen LogP contribution >= 0.6 is 0 Å². The molecule has 0 N–H and O–H groups in total. The highest BCUT2D eigenvalue weighted by Crippen LogP contribution is 2.53. The monoisotopic (exact) mass is 410 g/mol. The Hall–Kier alpha value is -1.14. The van der Waals surface area contributed by atoms with Crippen LogP contribution in [0.25, 0.3) is 0 Å². The average molecular weight is 411 g/mol. The van der Waals surface area contributed by atoms with Crippen LogP contribution in [0, 0.1) is 35.5 Å². The molecule has 0 radical (unpaired) electrons. The summed E-state index contributed by atoms with van der Waals surface area (Å²) in [6.45, 7) is 7.40. The van der Waals surface area contributed by atoms with Crippen molar-refractivity contribution in [2.75, 3.05) is 20.3 Å². The fraction of sp³-hybridized carbons (Fsp3) is 0.913. The summed E-state index contributed by atoms with van der Waals surface area (Å²) in [5.74, 6) is 0.378. The highest BCUT2D eigenvalue weighted by Gasteiger charge is 2.55. The van der Waals surface area contributed by atoms with Crippen LogP contribution in [-0.4, -0.2) is 44.7 Å². The lowest BCUT2D eigenvalue weighted by molar-refractivity contribution is -0.188. The lowest BCUT2D eigenvalue weighted by Gasteiger charge is -2.30. The predicted molar refractivity (Wildman–Crippen MR) is 108 cm³/mol. The van der Waals surface area contributed by atoms with Gasteiger partial charge in [-0.3, -0.25) is 9.59 Å². The first-order valence-electron chi connectivity index (χ1n) is 11.4. The zero-order valence-electron chi connectivity index (χ0n) is 18.4. The van der Waals surface area contributed by atoms with E-state index < -0.39 is 6.29 Å². The Morgan fingerprint density at radius 1 is 0.793 bits per heavy atom. The Kier molecular flexibility index (Phi) is 7.97. The first-order chi connectivity index (χ1) is 13.9. The molecule has 29 heavy (non-hydrogen) atoms. The summed E-state index contributed by atoms with van der Waals surface area (Å²) in [5, 5.41) is 0. The van der Waals surface area contributed by atoms with E-state index in [1.165, 1.54) is 20.0 Å². The van der Waals surface area contributed by atoms with E-state index in [-0.39, 0.29) is 35.6 Å². The Morgan fingerprint density at radius 3 is 1.83 bits per heavy atom. The summed E-state index contributed by atoms with van der Waals surface area (Å²) in [5.41, 5.74) is 0. The molecule has 0 amide bonds. The number of rotatable bonds is 9. The van der Waals surface area contributed by atoms with Crippen molar-refractivity contribution in [1.29, 1.82) is 0 Å². The van der Waals surface area contributed by atoms with E-state index in [0.29, 0.717) is 24.5 Å². The van der Waals surface area contributed by atoms with Crippen LogP contribution in [0.5, 0.6) is 0 Å². The maximum absolute atomic E-state index is 12.8. The van der Waals surface area contributed by atoms with Crippen LogP contribution in [0.1, 0.15) is 65.7 Å². The molecular formula is C23H38O6. The molecule has 0 aliphatic heterocycles. The van der Waals surface area contributed by atoms with Gasteiger partial charge in [0, 0.05) is 6.61 Å². The molecule has 0 spiro atoms. The molecule has 2 bridgehead atoms. The van der Waals surface area contributed by atoms with Crippen molar-refractivity contribution in [2.24, 2.45) is 35.5 Å². The second kappa shape index (κ2) is 10.3. The zero-order chi connectivity index (χ0) is 21.0. The van der Waals surface area contributed by atoms with E-state index in [2.05, 4.69) is 13.8 Å². The van der Waals surface area contributed by atoms with Crippen molar-refractivity contribution >= 4 is 11.9 Å². The molecule has 3 saturated carbocycles. The van der Waals surface area contributed by atoms with Gasteiger partial charge < -0.3 is 18.9 Å². The molecule has 0 heterocycles. The van der Waals surface area contributed by atoms with Crippen molar-refractivity contribution in [3.63, 3.8) is 0 Å². The second-order valence-electron chi connectivity index (χ2n) is 9.51. The lowest BCUT2D eigenvalue weighted by Crippen LogP contribution is -2.38. The Morgan fingerprint density at radius 2 is 1.31 bits per heavy atom. The van der Waals surface area contributed by atoms with E-state index in [4.69, 9.17) is 18.9 Å². The molecule has 3 fully saturated rings. The van der Waals surface area contributed by atoms with Crippen molar-refractivity contribution in [1.82, 2.24) is 0 Å². The van der Waals surface area contributed by atoms with Crippen molar-refractivity contribution in [3.8, 4) is 0 Å². The topological polar surface area (TPSA) is 71.1 Å². The minimum atomic E-state index is -0.582. The van der Waals surface area contributed by atoms with Crippen molar-refractivity contribution in [2.45, 2.75) is 78.1 Å². The number of hydrogen-bond acceptors (Lipinski definition) is 6. The number of carbonyl (C=O) groups excluding carboxylic acids is 2. The van der Waals surface area contributed by atoms with Gasteiger partial charge in [-0.2, -0.15) is 0 Å². The normalized spacial score (nSPS) is 34.9. The largest absolute Gasteiger partial charge is 0.469 e. The number of methoxy groups -OCH3 is 1.